The van der Waals surface area contributed by atoms with Gasteiger partial charge in [-0.05, 0) is 42.8 Å². The van der Waals surface area contributed by atoms with Gasteiger partial charge in [0.1, 0.15) is 18.0 Å². The highest BCUT2D eigenvalue weighted by molar-refractivity contribution is 5.90. The molecule has 0 unspecified atom stereocenters. The molecular weight excluding hydrogens is 346 g/mol. The van der Waals surface area contributed by atoms with Crippen molar-refractivity contribution >= 4 is 28.7 Å². The standard InChI is InChI=1S/C20H17N3O4/c1-12(20(24)25)27-17-8-7-13(10-18(17)26-2)9-14(11-21)19-22-15-5-3-4-6-16(15)23-19/h3-10,12H,1-2H3,(H,22,23)(H,24,25)/p-1/b14-9-/t12-/m0/s1. The van der Waals surface area contributed by atoms with Crippen molar-refractivity contribution in [3.63, 3.8) is 0 Å². The topological polar surface area (TPSA) is 111 Å². The Morgan fingerprint density at radius 2 is 2.07 bits per heavy atom. The van der Waals surface area contributed by atoms with Crippen LogP contribution in [-0.2, 0) is 4.79 Å². The number of nitrogens with one attached hydrogen (secondary N) is 1. The van der Waals surface area contributed by atoms with E-state index in [-0.39, 0.29) is 5.75 Å². The van der Waals surface area contributed by atoms with Gasteiger partial charge < -0.3 is 24.4 Å². The van der Waals surface area contributed by atoms with E-state index in [0.29, 0.717) is 22.7 Å². The maximum atomic E-state index is 10.9. The first-order valence-corrected chi connectivity index (χ1v) is 8.14. The van der Waals surface area contributed by atoms with Gasteiger partial charge in [0.05, 0.1) is 29.7 Å². The van der Waals surface area contributed by atoms with Crippen LogP contribution in [0.5, 0.6) is 11.5 Å². The van der Waals surface area contributed by atoms with E-state index in [4.69, 9.17) is 9.47 Å². The van der Waals surface area contributed by atoms with Crippen LogP contribution >= 0.6 is 0 Å². The number of allylic oxidation sites excluding steroid dienone is 1. The lowest BCUT2D eigenvalue weighted by Gasteiger charge is -2.17. The van der Waals surface area contributed by atoms with Gasteiger partial charge in [-0.1, -0.05) is 18.2 Å². The summed E-state index contributed by atoms with van der Waals surface area (Å²) >= 11 is 0. The fraction of sp³-hybridized carbons (Fsp3) is 0.150. The number of nitriles is 1. The lowest BCUT2D eigenvalue weighted by molar-refractivity contribution is -0.312. The summed E-state index contributed by atoms with van der Waals surface area (Å²) in [5, 5.41) is 20.4. The normalized spacial score (nSPS) is 12.4. The number of imidazole rings is 1. The van der Waals surface area contributed by atoms with Crippen molar-refractivity contribution in [1.29, 1.82) is 5.26 Å². The zero-order valence-corrected chi connectivity index (χ0v) is 14.7. The van der Waals surface area contributed by atoms with Crippen LogP contribution in [0.15, 0.2) is 42.5 Å². The highest BCUT2D eigenvalue weighted by Gasteiger charge is 2.12. The van der Waals surface area contributed by atoms with Gasteiger partial charge in [-0.15, -0.1) is 0 Å². The molecule has 3 rings (SSSR count). The average Bonchev–Trinajstić information content (AvgIpc) is 3.10. The maximum absolute atomic E-state index is 10.9. The highest BCUT2D eigenvalue weighted by atomic mass is 16.5. The monoisotopic (exact) mass is 362 g/mol. The highest BCUT2D eigenvalue weighted by Crippen LogP contribution is 2.30. The minimum absolute atomic E-state index is 0.272. The maximum Gasteiger partial charge on any atom is 0.162 e. The molecule has 0 radical (unpaired) electrons. The number of carbonyl (C=O) groups excluding carboxylic acids is 1. The van der Waals surface area contributed by atoms with E-state index >= 15 is 0 Å². The Morgan fingerprint density at radius 1 is 1.30 bits per heavy atom. The van der Waals surface area contributed by atoms with Crippen LogP contribution in [-0.4, -0.2) is 29.2 Å². The van der Waals surface area contributed by atoms with Crippen LogP contribution in [0.2, 0.25) is 0 Å². The Balaban J connectivity index is 1.94. The predicted molar refractivity (Wildman–Crippen MR) is 97.7 cm³/mol. The summed E-state index contributed by atoms with van der Waals surface area (Å²) in [5.74, 6) is -0.242. The third-order valence-electron chi connectivity index (χ3n) is 3.90. The van der Waals surface area contributed by atoms with Gasteiger partial charge >= 0.3 is 0 Å². The van der Waals surface area contributed by atoms with E-state index < -0.39 is 12.1 Å². The Bertz CT molecular complexity index is 1030. The summed E-state index contributed by atoms with van der Waals surface area (Å²) in [6.45, 7) is 1.37. The van der Waals surface area contributed by atoms with Crippen LogP contribution in [0.25, 0.3) is 22.7 Å². The van der Waals surface area contributed by atoms with Crippen molar-refractivity contribution in [3.05, 3.63) is 53.9 Å². The summed E-state index contributed by atoms with van der Waals surface area (Å²) in [7, 11) is 1.45. The molecule has 0 saturated heterocycles. The van der Waals surface area contributed by atoms with Crippen LogP contribution in [0, 0.1) is 11.3 Å². The molecule has 7 nitrogen and oxygen atoms in total. The lowest BCUT2D eigenvalue weighted by Crippen LogP contribution is -2.37. The molecule has 1 atom stereocenters. The van der Waals surface area contributed by atoms with Crippen LogP contribution in [0.4, 0.5) is 0 Å². The number of benzene rings is 2. The summed E-state index contributed by atoms with van der Waals surface area (Å²) in [6.07, 6.45) is 0.539. The fourth-order valence-electron chi connectivity index (χ4n) is 2.51. The van der Waals surface area contributed by atoms with Crippen molar-refractivity contribution in [1.82, 2.24) is 9.97 Å². The predicted octanol–water partition coefficient (Wildman–Crippen LogP) is 2.15. The molecule has 0 aliphatic heterocycles. The molecular formula is C20H16N3O4-. The molecule has 0 saturated carbocycles. The van der Waals surface area contributed by atoms with Gasteiger partial charge in [-0.25, -0.2) is 4.98 Å². The summed E-state index contributed by atoms with van der Waals surface area (Å²) in [6, 6.07) is 14.6. The van der Waals surface area contributed by atoms with Gasteiger partial charge in [-0.3, -0.25) is 0 Å². The van der Waals surface area contributed by atoms with E-state index in [0.717, 1.165) is 11.0 Å². The molecule has 0 aliphatic rings. The largest absolute Gasteiger partial charge is 0.546 e. The number of aliphatic carboxylic acids is 1. The Hall–Kier alpha value is -3.79. The fourth-order valence-corrected chi connectivity index (χ4v) is 2.51. The van der Waals surface area contributed by atoms with Gasteiger partial charge in [0.25, 0.3) is 0 Å². The number of hydrogen-bond acceptors (Lipinski definition) is 6. The van der Waals surface area contributed by atoms with Crippen LogP contribution < -0.4 is 14.6 Å². The number of aromatic nitrogens is 2. The number of rotatable bonds is 6. The summed E-state index contributed by atoms with van der Waals surface area (Å²) in [5.41, 5.74) is 2.64. The number of nitrogens with zero attached hydrogens (tertiary/aromatic N) is 2. The number of fused-ring (bicyclic) bond motifs is 1. The van der Waals surface area contributed by atoms with Crippen LogP contribution in [0.1, 0.15) is 18.3 Å². The number of methoxy groups -OCH3 is 1. The van der Waals surface area contributed by atoms with E-state index in [2.05, 4.69) is 16.0 Å². The molecule has 0 aliphatic carbocycles. The molecule has 1 heterocycles. The Labute approximate surface area is 155 Å². The summed E-state index contributed by atoms with van der Waals surface area (Å²) in [4.78, 5) is 18.4. The van der Waals surface area contributed by atoms with Gasteiger partial charge in [0, 0.05) is 0 Å². The third kappa shape index (κ3) is 3.90. The third-order valence-corrected chi connectivity index (χ3v) is 3.90. The second-order valence-corrected chi connectivity index (χ2v) is 5.76. The molecule has 2 aromatic carbocycles. The molecule has 0 bridgehead atoms. The molecule has 136 valence electrons. The van der Waals surface area contributed by atoms with Crippen LogP contribution in [0.3, 0.4) is 0 Å². The van der Waals surface area contributed by atoms with Crippen molar-refractivity contribution in [2.45, 2.75) is 13.0 Å². The number of ether oxygens (including phenoxy) is 2. The van der Waals surface area contributed by atoms with E-state index in [1.54, 1.807) is 24.3 Å². The van der Waals surface area contributed by atoms with Crippen molar-refractivity contribution in [2.24, 2.45) is 0 Å². The van der Waals surface area contributed by atoms with Gasteiger partial charge in [-0.2, -0.15) is 5.26 Å². The molecule has 0 amide bonds. The SMILES string of the molecule is COc1cc(/C=C(/C#N)c2nc3ccccc3[nH]2)ccc1O[C@@H](C)C(=O)[O-]. The number of carboxylic acid groups (broad SMARTS) is 1. The first-order chi connectivity index (χ1) is 13.0. The van der Waals surface area contributed by atoms with E-state index in [1.165, 1.54) is 14.0 Å². The zero-order chi connectivity index (χ0) is 19.4. The quantitative estimate of drug-likeness (QED) is 0.673. The molecule has 7 heteroatoms. The number of carbonyl (C=O) groups is 1. The number of para-hydroxylation sites is 2. The molecule has 3 aromatic rings. The minimum Gasteiger partial charge on any atom is -0.546 e. The molecule has 1 aromatic heterocycles. The van der Waals surface area contributed by atoms with Crippen molar-refractivity contribution in [2.75, 3.05) is 7.11 Å². The molecule has 27 heavy (non-hydrogen) atoms. The Morgan fingerprint density at radius 3 is 2.74 bits per heavy atom. The van der Waals surface area contributed by atoms with Crippen molar-refractivity contribution in [3.8, 4) is 17.6 Å². The Kier molecular flexibility index (Phi) is 5.08. The molecule has 0 spiro atoms. The molecule has 1 N–H and O–H groups in total. The lowest BCUT2D eigenvalue weighted by atomic mass is 10.1. The van der Waals surface area contributed by atoms with Gasteiger partial charge in [0.2, 0.25) is 0 Å². The second-order valence-electron chi connectivity index (χ2n) is 5.76. The van der Waals surface area contributed by atoms with Crippen molar-refractivity contribution < 1.29 is 19.4 Å². The average molecular weight is 362 g/mol. The first-order valence-electron chi connectivity index (χ1n) is 8.14. The first kappa shape index (κ1) is 18.0. The summed E-state index contributed by atoms with van der Waals surface area (Å²) < 4.78 is 10.6. The minimum atomic E-state index is -1.32. The number of aromatic amines is 1. The number of hydrogen-bond donors (Lipinski definition) is 1. The molecule has 0 fully saturated rings. The van der Waals surface area contributed by atoms with Gasteiger partial charge in [0.15, 0.2) is 11.5 Å². The zero-order valence-electron chi connectivity index (χ0n) is 14.7. The number of H-pyrrole nitrogens is 1. The van der Waals surface area contributed by atoms with E-state index in [1.807, 2.05) is 24.3 Å². The smallest absolute Gasteiger partial charge is 0.162 e. The second kappa shape index (κ2) is 7.62. The number of carboxylic acids is 1. The van der Waals surface area contributed by atoms with E-state index in [9.17, 15) is 15.2 Å².